The maximum absolute atomic E-state index is 3.52. The Hall–Kier alpha value is 1.46. The second kappa shape index (κ2) is 4.62. The van der Waals surface area contributed by atoms with Crippen LogP contribution in [-0.4, -0.2) is 27.0 Å². The zero-order chi connectivity index (χ0) is 4.99. The third kappa shape index (κ3) is 5.46. The second-order valence-corrected chi connectivity index (χ2v) is 9.73. The Morgan fingerprint density at radius 3 is 2.17 bits per heavy atom. The first-order valence-corrected chi connectivity index (χ1v) is 10.4. The van der Waals surface area contributed by atoms with Crippen molar-refractivity contribution in [3.8, 4) is 0 Å². The highest BCUT2D eigenvalue weighted by molar-refractivity contribution is 9.23. The number of rotatable bonds is 2. The molecule has 0 unspecified atom stereocenters. The molecule has 0 nitrogen and oxygen atoms in total. The van der Waals surface area contributed by atoms with Crippen LogP contribution < -0.4 is 0 Å². The highest BCUT2D eigenvalue weighted by Crippen LogP contribution is 1.90. The van der Waals surface area contributed by atoms with Crippen LogP contribution in [0, 0.1) is 0 Å². The number of hydrogen-bond acceptors (Lipinski definition) is 0. The predicted molar refractivity (Wildman–Crippen MR) is 38.4 cm³/mol. The summed E-state index contributed by atoms with van der Waals surface area (Å²) in [5.41, 5.74) is 0. The van der Waals surface area contributed by atoms with Crippen molar-refractivity contribution in [2.75, 3.05) is 0 Å². The normalized spacial score (nSPS) is 8.67. The summed E-state index contributed by atoms with van der Waals surface area (Å²) in [6, 6.07) is 0. The van der Waals surface area contributed by atoms with Crippen LogP contribution in [0.5, 0.6) is 0 Å². The highest BCUT2D eigenvalue weighted by atomic mass is 79.9. The van der Waals surface area contributed by atoms with E-state index in [-0.39, 0.29) is 27.0 Å². The van der Waals surface area contributed by atoms with Crippen molar-refractivity contribution in [3.63, 3.8) is 0 Å². The molecule has 3 heteroatoms. The van der Waals surface area contributed by atoms with E-state index < -0.39 is 0 Å². The highest BCUT2D eigenvalue weighted by Gasteiger charge is 1.93. The van der Waals surface area contributed by atoms with Crippen molar-refractivity contribution in [3.05, 3.63) is 0 Å². The molecule has 0 aromatic heterocycles. The molecule has 0 aromatic carbocycles. The van der Waals surface area contributed by atoms with Gasteiger partial charge >= 0.3 is 18.2 Å². The third-order valence-electron chi connectivity index (χ3n) is 0.686. The molecular formula is C3H9BrMgSi. The minimum atomic E-state index is -0.156. The Labute approximate surface area is 56.9 Å². The van der Waals surface area contributed by atoms with Gasteiger partial charge in [0.2, 0.25) is 0 Å². The molecule has 0 amide bonds. The zero-order valence-electron chi connectivity index (χ0n) is 4.37. The molecule has 0 aliphatic carbocycles. The fourth-order valence-electron chi connectivity index (χ4n) is 0.218. The average Bonchev–Trinajstić information content (AvgIpc) is 1.35. The first kappa shape index (κ1) is 7.46. The van der Waals surface area contributed by atoms with Gasteiger partial charge in [0.05, 0.1) is 0 Å². The van der Waals surface area contributed by atoms with Crippen LogP contribution in [-0.2, 0) is 0 Å². The summed E-state index contributed by atoms with van der Waals surface area (Å²) in [5.74, 6) is 0. The summed E-state index contributed by atoms with van der Waals surface area (Å²) in [6.45, 7) is 4.79. The van der Waals surface area contributed by atoms with Gasteiger partial charge in [0.15, 0.2) is 0 Å². The minimum absolute atomic E-state index is 0.156. The van der Waals surface area contributed by atoms with Gasteiger partial charge in [0.1, 0.15) is 0 Å². The minimum Gasteiger partial charge on any atom is -0.307 e. The molecule has 34 valence electrons. The first-order chi connectivity index (χ1) is 2.77. The summed E-state index contributed by atoms with van der Waals surface area (Å²) in [5, 5.41) is 0. The van der Waals surface area contributed by atoms with Gasteiger partial charge in [0, 0.05) is 8.80 Å². The van der Waals surface area contributed by atoms with Gasteiger partial charge in [0.25, 0.3) is 0 Å². The summed E-state index contributed by atoms with van der Waals surface area (Å²) >= 11 is 3.76. The smallest absolute Gasteiger partial charge is 0.307 e. The van der Waals surface area contributed by atoms with Crippen molar-refractivity contribution < 1.29 is 0 Å². The fourth-order valence-corrected chi connectivity index (χ4v) is 10.2. The molecular weight excluding hydrogens is 168 g/mol. The first-order valence-electron chi connectivity index (χ1n) is 2.33. The predicted octanol–water partition coefficient (Wildman–Crippen LogP) is 1.44. The van der Waals surface area contributed by atoms with E-state index in [1.165, 1.54) is 0 Å². The van der Waals surface area contributed by atoms with E-state index in [4.69, 9.17) is 0 Å². The molecule has 0 saturated carbocycles. The Bertz CT molecular complexity index is 32.0. The van der Waals surface area contributed by atoms with Gasteiger partial charge in [-0.05, 0) is 0 Å². The third-order valence-corrected chi connectivity index (χ3v) is 10.3. The van der Waals surface area contributed by atoms with E-state index in [1.807, 2.05) is 0 Å². The van der Waals surface area contributed by atoms with Crippen LogP contribution in [0.3, 0.4) is 0 Å². The molecule has 0 heterocycles. The largest absolute Gasteiger partial charge is 0.465 e. The Balaban J connectivity index is 2.63. The summed E-state index contributed by atoms with van der Waals surface area (Å²) in [6.07, 6.45) is 0. The molecule has 0 aliphatic rings. The van der Waals surface area contributed by atoms with Crippen molar-refractivity contribution in [2.24, 2.45) is 0 Å². The number of hydrogen-bond donors (Lipinski definition) is 0. The lowest BCUT2D eigenvalue weighted by Gasteiger charge is -1.91. The molecule has 0 aromatic rings. The maximum Gasteiger partial charge on any atom is 0.465 e. The summed E-state index contributed by atoms with van der Waals surface area (Å²) < 4.78 is 1.57. The lowest BCUT2D eigenvalue weighted by molar-refractivity contribution is 1.82. The number of halogens is 1. The van der Waals surface area contributed by atoms with Gasteiger partial charge in [-0.3, -0.25) is 0 Å². The van der Waals surface area contributed by atoms with Crippen molar-refractivity contribution in [2.45, 2.75) is 17.3 Å². The Morgan fingerprint density at radius 2 is 2.17 bits per heavy atom. The van der Waals surface area contributed by atoms with E-state index in [2.05, 4.69) is 26.0 Å². The van der Waals surface area contributed by atoms with Gasteiger partial charge in [-0.2, -0.15) is 0 Å². The van der Waals surface area contributed by atoms with Gasteiger partial charge in [-0.1, -0.05) is 13.1 Å². The fraction of sp³-hybridized carbons (Fsp3) is 1.00. The molecule has 0 aliphatic heterocycles. The summed E-state index contributed by atoms with van der Waals surface area (Å²) in [4.78, 5) is 0. The molecule has 0 atom stereocenters. The lowest BCUT2D eigenvalue weighted by atomic mass is 11.8. The molecule has 0 spiro atoms. The van der Waals surface area contributed by atoms with Crippen LogP contribution in [0.1, 0.15) is 0 Å². The van der Waals surface area contributed by atoms with E-state index in [0.29, 0.717) is 0 Å². The molecule has 0 N–H and O–H groups in total. The molecule has 0 bridgehead atoms. The molecule has 0 saturated heterocycles. The van der Waals surface area contributed by atoms with Crippen LogP contribution in [0.25, 0.3) is 0 Å². The van der Waals surface area contributed by atoms with E-state index in [9.17, 15) is 0 Å². The van der Waals surface area contributed by atoms with Crippen LogP contribution in [0.4, 0.5) is 0 Å². The molecule has 0 radical (unpaired) electrons. The van der Waals surface area contributed by atoms with Crippen molar-refractivity contribution in [1.82, 2.24) is 0 Å². The van der Waals surface area contributed by atoms with Gasteiger partial charge in [-0.25, -0.2) is 0 Å². The van der Waals surface area contributed by atoms with E-state index in [0.717, 1.165) is 0 Å². The van der Waals surface area contributed by atoms with Gasteiger partial charge < -0.3 is 12.9 Å². The molecule has 0 fully saturated rings. The van der Waals surface area contributed by atoms with Crippen LogP contribution in [0.15, 0.2) is 0 Å². The average molecular weight is 177 g/mol. The standard InChI is InChI=1S/C3H9Si.BrH.Mg/c1-4(2)3;;/h4H,1H2,2-3H3;1H;/q;;+1/p-1. The lowest BCUT2D eigenvalue weighted by Crippen LogP contribution is -1.99. The second-order valence-electron chi connectivity index (χ2n) is 1.87. The summed E-state index contributed by atoms with van der Waals surface area (Å²) in [7, 11) is -0.156. The maximum atomic E-state index is 3.52. The van der Waals surface area contributed by atoms with Crippen LogP contribution >= 0.6 is 12.9 Å². The van der Waals surface area contributed by atoms with Crippen LogP contribution in [0.2, 0.25) is 17.3 Å². The van der Waals surface area contributed by atoms with Gasteiger partial charge in [-0.15, -0.1) is 4.17 Å². The topological polar surface area (TPSA) is 0 Å². The van der Waals surface area contributed by atoms with E-state index >= 15 is 0 Å². The van der Waals surface area contributed by atoms with Crippen molar-refractivity contribution in [1.29, 1.82) is 0 Å². The monoisotopic (exact) mass is 176 g/mol. The van der Waals surface area contributed by atoms with Crippen molar-refractivity contribution >= 4 is 39.9 Å². The SMILES string of the molecule is C[SiH](C)[CH2][Mg][Br]. The molecule has 0 rings (SSSR count). The quantitative estimate of drug-likeness (QED) is 0.560. The van der Waals surface area contributed by atoms with E-state index in [1.54, 1.807) is 4.17 Å². The Morgan fingerprint density at radius 1 is 1.67 bits per heavy atom. The zero-order valence-corrected chi connectivity index (χ0v) is 8.52. The molecule has 6 heavy (non-hydrogen) atoms. The Kier molecular flexibility index (Phi) is 5.74.